The summed E-state index contributed by atoms with van der Waals surface area (Å²) in [5, 5.41) is 10.6. The number of benzene rings is 1. The van der Waals surface area contributed by atoms with Crippen LogP contribution in [-0.2, 0) is 7.05 Å². The van der Waals surface area contributed by atoms with Crippen LogP contribution in [0.4, 0.5) is 8.78 Å². The fraction of sp³-hybridized carbons (Fsp3) is 0.250. The number of aliphatic hydroxyl groups is 1. The second kappa shape index (κ2) is 5.49. The van der Waals surface area contributed by atoms with Gasteiger partial charge < -0.3 is 9.67 Å². The Labute approximate surface area is 107 Å². The molecule has 2 aromatic rings. The van der Waals surface area contributed by atoms with Crippen molar-refractivity contribution in [3.05, 3.63) is 47.8 Å². The lowest BCUT2D eigenvalue weighted by Gasteiger charge is -2.10. The predicted molar refractivity (Wildman–Crippen MR) is 65.2 cm³/mol. The number of imidazole rings is 1. The number of nitrogens with zero attached hydrogens (tertiary/aromatic N) is 2. The molecule has 0 fully saturated rings. The molecule has 1 aromatic heterocycles. The van der Waals surface area contributed by atoms with Gasteiger partial charge in [0.05, 0.1) is 6.10 Å². The molecule has 18 heavy (non-hydrogen) atoms. The lowest BCUT2D eigenvalue weighted by Crippen LogP contribution is -2.03. The number of thioether (sulfide) groups is 1. The highest BCUT2D eigenvalue weighted by Gasteiger charge is 2.12. The first kappa shape index (κ1) is 13.0. The smallest absolute Gasteiger partial charge is 0.167 e. The van der Waals surface area contributed by atoms with Crippen LogP contribution in [0.25, 0.3) is 0 Å². The monoisotopic (exact) mass is 270 g/mol. The summed E-state index contributed by atoms with van der Waals surface area (Å²) in [5.41, 5.74) is 0.357. The van der Waals surface area contributed by atoms with Gasteiger partial charge >= 0.3 is 0 Å². The van der Waals surface area contributed by atoms with Gasteiger partial charge in [0.15, 0.2) is 16.8 Å². The van der Waals surface area contributed by atoms with Crippen LogP contribution in [0.3, 0.4) is 0 Å². The van der Waals surface area contributed by atoms with E-state index in [-0.39, 0.29) is 0 Å². The minimum Gasteiger partial charge on any atom is -0.388 e. The third kappa shape index (κ3) is 2.88. The first-order valence-electron chi connectivity index (χ1n) is 5.31. The van der Waals surface area contributed by atoms with Crippen LogP contribution in [0.1, 0.15) is 11.7 Å². The summed E-state index contributed by atoms with van der Waals surface area (Å²) >= 11 is 1.35. The second-order valence-corrected chi connectivity index (χ2v) is 4.81. The highest BCUT2D eigenvalue weighted by Crippen LogP contribution is 2.24. The first-order valence-corrected chi connectivity index (χ1v) is 6.29. The number of hydrogen-bond donors (Lipinski definition) is 1. The van der Waals surface area contributed by atoms with Crippen molar-refractivity contribution in [3.63, 3.8) is 0 Å². The highest BCUT2D eigenvalue weighted by atomic mass is 32.2. The Morgan fingerprint density at radius 3 is 2.78 bits per heavy atom. The maximum absolute atomic E-state index is 13.0. The SMILES string of the molecule is Cn1ccnc1SCC(O)c1ccc(F)c(F)c1. The zero-order valence-electron chi connectivity index (χ0n) is 9.68. The summed E-state index contributed by atoms with van der Waals surface area (Å²) in [7, 11) is 1.85. The predicted octanol–water partition coefficient (Wildman–Crippen LogP) is 2.52. The Kier molecular flexibility index (Phi) is 3.98. The lowest BCUT2D eigenvalue weighted by molar-refractivity contribution is 0.203. The summed E-state index contributed by atoms with van der Waals surface area (Å²) in [6, 6.07) is 3.40. The molecule has 0 radical (unpaired) electrons. The summed E-state index contributed by atoms with van der Waals surface area (Å²) in [6.07, 6.45) is 2.60. The summed E-state index contributed by atoms with van der Waals surface area (Å²) in [4.78, 5) is 4.09. The topological polar surface area (TPSA) is 38.0 Å². The van der Waals surface area contributed by atoms with Gasteiger partial charge in [-0.05, 0) is 17.7 Å². The number of aromatic nitrogens is 2. The van der Waals surface area contributed by atoms with Crippen LogP contribution in [-0.4, -0.2) is 20.4 Å². The van der Waals surface area contributed by atoms with Crippen molar-refractivity contribution in [2.24, 2.45) is 7.05 Å². The molecule has 96 valence electrons. The molecule has 1 atom stereocenters. The fourth-order valence-electron chi connectivity index (χ4n) is 1.46. The Morgan fingerprint density at radius 2 is 2.17 bits per heavy atom. The summed E-state index contributed by atoms with van der Waals surface area (Å²) < 4.78 is 27.6. The molecule has 0 saturated heterocycles. The van der Waals surface area contributed by atoms with Crippen molar-refractivity contribution in [3.8, 4) is 0 Å². The normalized spacial score (nSPS) is 12.7. The van der Waals surface area contributed by atoms with E-state index >= 15 is 0 Å². The van der Waals surface area contributed by atoms with Crippen LogP contribution >= 0.6 is 11.8 Å². The van der Waals surface area contributed by atoms with Crippen LogP contribution < -0.4 is 0 Å². The van der Waals surface area contributed by atoms with E-state index in [2.05, 4.69) is 4.98 Å². The Hall–Kier alpha value is -1.40. The largest absolute Gasteiger partial charge is 0.388 e. The molecule has 0 saturated carbocycles. The second-order valence-electron chi connectivity index (χ2n) is 3.82. The maximum Gasteiger partial charge on any atom is 0.167 e. The molecular formula is C12H12F2N2OS. The zero-order valence-corrected chi connectivity index (χ0v) is 10.5. The summed E-state index contributed by atoms with van der Waals surface area (Å²) in [6.45, 7) is 0. The molecule has 0 spiro atoms. The van der Waals surface area contributed by atoms with Gasteiger partial charge in [-0.2, -0.15) is 0 Å². The molecule has 6 heteroatoms. The molecule has 1 heterocycles. The van der Waals surface area contributed by atoms with Crippen molar-refractivity contribution < 1.29 is 13.9 Å². The third-order valence-electron chi connectivity index (χ3n) is 2.48. The average molecular weight is 270 g/mol. The van der Waals surface area contributed by atoms with E-state index in [1.807, 2.05) is 11.6 Å². The van der Waals surface area contributed by atoms with Gasteiger partial charge in [-0.15, -0.1) is 0 Å². The molecule has 1 unspecified atom stereocenters. The minimum absolute atomic E-state index is 0.329. The molecule has 1 N–H and O–H groups in total. The van der Waals surface area contributed by atoms with E-state index in [9.17, 15) is 13.9 Å². The number of hydrogen-bond acceptors (Lipinski definition) is 3. The van der Waals surface area contributed by atoms with Gasteiger partial charge in [-0.3, -0.25) is 0 Å². The van der Waals surface area contributed by atoms with Crippen molar-refractivity contribution in [2.75, 3.05) is 5.75 Å². The van der Waals surface area contributed by atoms with E-state index in [4.69, 9.17) is 0 Å². The van der Waals surface area contributed by atoms with E-state index in [0.29, 0.717) is 11.3 Å². The quantitative estimate of drug-likeness (QED) is 0.868. The number of rotatable bonds is 4. The molecule has 0 amide bonds. The van der Waals surface area contributed by atoms with E-state index in [0.717, 1.165) is 17.3 Å². The van der Waals surface area contributed by atoms with E-state index in [1.54, 1.807) is 12.4 Å². The van der Waals surface area contributed by atoms with Gasteiger partial charge in [0.2, 0.25) is 0 Å². The van der Waals surface area contributed by atoms with Crippen LogP contribution in [0, 0.1) is 11.6 Å². The van der Waals surface area contributed by atoms with Crippen molar-refractivity contribution in [1.82, 2.24) is 9.55 Å². The van der Waals surface area contributed by atoms with Crippen molar-refractivity contribution >= 4 is 11.8 Å². The van der Waals surface area contributed by atoms with E-state index in [1.165, 1.54) is 17.8 Å². The first-order chi connectivity index (χ1) is 8.58. The zero-order chi connectivity index (χ0) is 13.1. The number of aliphatic hydroxyl groups excluding tert-OH is 1. The van der Waals surface area contributed by atoms with Gasteiger partial charge in [-0.1, -0.05) is 17.8 Å². The molecule has 3 nitrogen and oxygen atoms in total. The van der Waals surface area contributed by atoms with E-state index < -0.39 is 17.7 Å². The van der Waals surface area contributed by atoms with Crippen molar-refractivity contribution in [1.29, 1.82) is 0 Å². The van der Waals surface area contributed by atoms with Gasteiger partial charge in [-0.25, -0.2) is 13.8 Å². The molecule has 1 aromatic carbocycles. The fourth-order valence-corrected chi connectivity index (χ4v) is 2.36. The molecule has 2 rings (SSSR count). The average Bonchev–Trinajstić information content (AvgIpc) is 2.75. The van der Waals surface area contributed by atoms with Gasteiger partial charge in [0.25, 0.3) is 0 Å². The van der Waals surface area contributed by atoms with Crippen LogP contribution in [0.15, 0.2) is 35.7 Å². The number of aryl methyl sites for hydroxylation is 1. The van der Waals surface area contributed by atoms with Crippen LogP contribution in [0.2, 0.25) is 0 Å². The molecule has 0 aliphatic heterocycles. The molecule has 0 aliphatic rings. The Balaban J connectivity index is 2.01. The molecule has 0 bridgehead atoms. The molecule has 0 aliphatic carbocycles. The number of halogens is 2. The van der Waals surface area contributed by atoms with Gasteiger partial charge in [0.1, 0.15) is 0 Å². The summed E-state index contributed by atoms with van der Waals surface area (Å²) in [5.74, 6) is -1.54. The van der Waals surface area contributed by atoms with Crippen LogP contribution in [0.5, 0.6) is 0 Å². The maximum atomic E-state index is 13.0. The third-order valence-corrected chi connectivity index (χ3v) is 3.61. The minimum atomic E-state index is -0.950. The van der Waals surface area contributed by atoms with Crippen molar-refractivity contribution in [2.45, 2.75) is 11.3 Å². The Bertz CT molecular complexity index is 545. The Morgan fingerprint density at radius 1 is 1.39 bits per heavy atom. The molecular weight excluding hydrogens is 258 g/mol. The van der Waals surface area contributed by atoms with Gasteiger partial charge in [0, 0.05) is 25.2 Å². The lowest BCUT2D eigenvalue weighted by atomic mass is 10.1. The highest BCUT2D eigenvalue weighted by molar-refractivity contribution is 7.99. The standard InChI is InChI=1S/C12H12F2N2OS/c1-16-5-4-15-12(16)18-7-11(17)8-2-3-9(13)10(14)6-8/h2-6,11,17H,7H2,1H3.